The van der Waals surface area contributed by atoms with Gasteiger partial charge in [0.2, 0.25) is 0 Å². The summed E-state index contributed by atoms with van der Waals surface area (Å²) >= 11 is 0. The van der Waals surface area contributed by atoms with Gasteiger partial charge in [-0.15, -0.1) is 4.40 Å². The highest BCUT2D eigenvalue weighted by molar-refractivity contribution is 8.23. The number of nitrogens with one attached hydrogen (secondary N) is 2. The molecule has 0 spiro atoms. The molecule has 1 unspecified atom stereocenters. The molecule has 13 nitrogen and oxygen atoms in total. The minimum absolute atomic E-state index is 0.0376. The zero-order chi connectivity index (χ0) is 28.8. The zero-order valence-electron chi connectivity index (χ0n) is 22.0. The van der Waals surface area contributed by atoms with Gasteiger partial charge in [0.25, 0.3) is 5.56 Å². The predicted octanol–water partition coefficient (Wildman–Crippen LogP) is 3.16. The van der Waals surface area contributed by atoms with Gasteiger partial charge < -0.3 is 15.5 Å². The van der Waals surface area contributed by atoms with Crippen LogP contribution < -0.4 is 15.6 Å². The van der Waals surface area contributed by atoms with Gasteiger partial charge in [0.1, 0.15) is 21.9 Å². The molecule has 2 aromatic heterocycles. The fourth-order valence-electron chi connectivity index (χ4n) is 4.78. The van der Waals surface area contributed by atoms with Gasteiger partial charge in [0.05, 0.1) is 22.9 Å². The maximum atomic E-state index is 13.6. The molecule has 1 atom stereocenters. The van der Waals surface area contributed by atoms with Crippen LogP contribution in [-0.4, -0.2) is 66.6 Å². The normalized spacial score (nSPS) is 20.1. The van der Waals surface area contributed by atoms with Crippen molar-refractivity contribution in [2.75, 3.05) is 23.1 Å². The number of pyridine rings is 2. The number of nitrogens with zero attached hydrogens (tertiary/aromatic N) is 4. The molecule has 1 saturated heterocycles. The molecule has 0 aliphatic carbocycles. The maximum absolute atomic E-state index is 13.6. The van der Waals surface area contributed by atoms with E-state index in [2.05, 4.69) is 19.4 Å². The summed E-state index contributed by atoms with van der Waals surface area (Å²) in [5.41, 5.74) is -0.281. The molecule has 1 fully saturated rings. The van der Waals surface area contributed by atoms with E-state index in [0.29, 0.717) is 42.8 Å². The summed E-state index contributed by atoms with van der Waals surface area (Å²) in [6.07, 6.45) is 2.47. The van der Waals surface area contributed by atoms with Crippen LogP contribution in [0.5, 0.6) is 5.75 Å². The van der Waals surface area contributed by atoms with Crippen LogP contribution in [0.1, 0.15) is 38.7 Å². The van der Waals surface area contributed by atoms with Crippen molar-refractivity contribution >= 4 is 49.2 Å². The topological polar surface area (TPSA) is 190 Å². The Hall–Kier alpha value is -3.21. The lowest BCUT2D eigenvalue weighted by Crippen LogP contribution is -2.44. The highest BCUT2D eigenvalue weighted by Gasteiger charge is 2.32. The number of aliphatic hydroxyl groups excluding tert-OH is 1. The van der Waals surface area contributed by atoms with Crippen molar-refractivity contribution in [1.82, 2.24) is 13.9 Å². The number of aromatic hydroxyl groups is 1. The molecule has 0 bridgehead atoms. The Balaban J connectivity index is 1.52. The van der Waals surface area contributed by atoms with Crippen molar-refractivity contribution in [1.29, 1.82) is 0 Å². The number of hydrogen-bond acceptors (Lipinski definition) is 10. The molecule has 4 heterocycles. The molecule has 0 radical (unpaired) electrons. The highest BCUT2D eigenvalue weighted by Crippen LogP contribution is 2.56. The quantitative estimate of drug-likeness (QED) is 0.239. The standard InChI is InChI=1S/C25H32N6O7S2/c1-15(2)9-12-31-24-18(6-3-10-26-24)22(33)21(25(31)34)23-27-19-8-7-16(13-20(19)39(35,36)29-23)28-40(37,38)30-11-4-5-17(32)14-30/h3,6-8,10,13,15,17,28,32-33,35-36H,4-5,9,11-12,14H2,1-2H3,(H,27,29). The van der Waals surface area contributed by atoms with E-state index in [4.69, 9.17) is 0 Å². The monoisotopic (exact) mass is 592 g/mol. The molecule has 2 aliphatic rings. The summed E-state index contributed by atoms with van der Waals surface area (Å²) in [6, 6.07) is 7.34. The molecule has 40 heavy (non-hydrogen) atoms. The average molecular weight is 593 g/mol. The second-order valence-electron chi connectivity index (χ2n) is 10.3. The van der Waals surface area contributed by atoms with Crippen LogP contribution in [0.25, 0.3) is 11.0 Å². The molecule has 216 valence electrons. The number of aromatic nitrogens is 2. The number of hydrogen-bond donors (Lipinski definition) is 6. The van der Waals surface area contributed by atoms with Crippen LogP contribution in [0.4, 0.5) is 11.4 Å². The van der Waals surface area contributed by atoms with Crippen LogP contribution in [0.3, 0.4) is 0 Å². The SMILES string of the molecule is CC(C)CCn1c(=O)c(C2=NS(O)(O)c3cc(NS(=O)(=O)N4CCCC(O)C4)ccc3N2)c(O)c2cccnc21. The van der Waals surface area contributed by atoms with Crippen molar-refractivity contribution < 1.29 is 27.7 Å². The van der Waals surface area contributed by atoms with Gasteiger partial charge >= 0.3 is 10.2 Å². The van der Waals surface area contributed by atoms with E-state index in [0.717, 1.165) is 4.31 Å². The van der Waals surface area contributed by atoms with Gasteiger partial charge in [-0.25, -0.2) is 4.98 Å². The fourth-order valence-corrected chi connectivity index (χ4v) is 7.26. The third kappa shape index (κ3) is 5.40. The molecular weight excluding hydrogens is 560 g/mol. The Bertz CT molecular complexity index is 1660. The third-order valence-electron chi connectivity index (χ3n) is 6.85. The van der Waals surface area contributed by atoms with Crippen LogP contribution in [0, 0.1) is 5.92 Å². The molecule has 3 aromatic rings. The number of rotatable bonds is 7. The van der Waals surface area contributed by atoms with Gasteiger partial charge in [0, 0.05) is 25.8 Å². The van der Waals surface area contributed by atoms with E-state index < -0.39 is 38.4 Å². The second kappa shape index (κ2) is 10.6. The van der Waals surface area contributed by atoms with Crippen molar-refractivity contribution in [3.63, 3.8) is 0 Å². The number of anilines is 2. The molecule has 6 N–H and O–H groups in total. The van der Waals surface area contributed by atoms with Gasteiger partial charge in [0.15, 0.2) is 5.84 Å². The molecule has 0 amide bonds. The Kier molecular flexibility index (Phi) is 7.54. The lowest BCUT2D eigenvalue weighted by atomic mass is 10.1. The van der Waals surface area contributed by atoms with Crippen molar-refractivity contribution in [2.24, 2.45) is 10.3 Å². The number of aryl methyl sites for hydroxylation is 1. The number of benzene rings is 1. The molecule has 15 heteroatoms. The first-order valence-corrected chi connectivity index (χ1v) is 15.8. The Morgan fingerprint density at radius 1 is 1.25 bits per heavy atom. The first-order valence-electron chi connectivity index (χ1n) is 12.8. The van der Waals surface area contributed by atoms with E-state index in [1.807, 2.05) is 13.8 Å². The summed E-state index contributed by atoms with van der Waals surface area (Å²) in [6.45, 7) is 4.58. The molecule has 2 aliphatic heterocycles. The zero-order valence-corrected chi connectivity index (χ0v) is 23.6. The Morgan fingerprint density at radius 2 is 2.02 bits per heavy atom. The van der Waals surface area contributed by atoms with Gasteiger partial charge in [-0.1, -0.05) is 24.6 Å². The fraction of sp³-hybridized carbons (Fsp3) is 0.400. The molecular formula is C25H32N6O7S2. The number of fused-ring (bicyclic) bond motifs is 2. The Labute approximate surface area is 232 Å². The molecule has 0 saturated carbocycles. The third-order valence-corrected chi connectivity index (χ3v) is 9.72. The van der Waals surface area contributed by atoms with Crippen LogP contribution in [0.2, 0.25) is 0 Å². The molecule has 5 rings (SSSR count). The number of β-amino-alcohol motifs (C(OH)–C–C–N with tert-alkyl or cyclic N) is 1. The largest absolute Gasteiger partial charge is 0.506 e. The smallest absolute Gasteiger partial charge is 0.301 e. The maximum Gasteiger partial charge on any atom is 0.301 e. The summed E-state index contributed by atoms with van der Waals surface area (Å²) in [5.74, 6) is -0.333. The second-order valence-corrected chi connectivity index (χ2v) is 13.6. The lowest BCUT2D eigenvalue weighted by molar-refractivity contribution is 0.108. The van der Waals surface area contributed by atoms with Gasteiger partial charge in [-0.2, -0.15) is 12.7 Å². The van der Waals surface area contributed by atoms with Gasteiger partial charge in [-0.3, -0.25) is 23.2 Å². The van der Waals surface area contributed by atoms with Crippen LogP contribution >= 0.6 is 10.8 Å². The van der Waals surface area contributed by atoms with Crippen molar-refractivity contribution in [2.45, 2.75) is 50.7 Å². The summed E-state index contributed by atoms with van der Waals surface area (Å²) < 4.78 is 56.7. The van der Waals surface area contributed by atoms with Gasteiger partial charge in [-0.05, 0) is 55.5 Å². The number of piperidine rings is 1. The minimum Gasteiger partial charge on any atom is -0.506 e. The van der Waals surface area contributed by atoms with E-state index in [9.17, 15) is 32.5 Å². The van der Waals surface area contributed by atoms with Crippen molar-refractivity contribution in [3.8, 4) is 5.75 Å². The Morgan fingerprint density at radius 3 is 2.75 bits per heavy atom. The van der Waals surface area contributed by atoms with E-state index in [1.54, 1.807) is 12.1 Å². The van der Waals surface area contributed by atoms with Crippen LogP contribution in [0.15, 0.2) is 50.6 Å². The summed E-state index contributed by atoms with van der Waals surface area (Å²) in [7, 11) is -7.92. The number of amidine groups is 1. The van der Waals surface area contributed by atoms with E-state index in [-0.39, 0.29) is 40.8 Å². The van der Waals surface area contributed by atoms with Crippen molar-refractivity contribution in [3.05, 3.63) is 52.4 Å². The lowest BCUT2D eigenvalue weighted by Gasteiger charge is -2.35. The highest BCUT2D eigenvalue weighted by atomic mass is 32.3. The first-order chi connectivity index (χ1) is 18.9. The van der Waals surface area contributed by atoms with Crippen LogP contribution in [-0.2, 0) is 16.8 Å². The summed E-state index contributed by atoms with van der Waals surface area (Å²) in [4.78, 5) is 17.8. The summed E-state index contributed by atoms with van der Waals surface area (Å²) in [5, 5.41) is 24.2. The first kappa shape index (κ1) is 28.3. The van der Waals surface area contributed by atoms with E-state index >= 15 is 0 Å². The number of aliphatic hydroxyl groups is 1. The predicted molar refractivity (Wildman–Crippen MR) is 154 cm³/mol. The minimum atomic E-state index is -4.01. The van der Waals surface area contributed by atoms with E-state index in [1.165, 1.54) is 29.0 Å². The molecule has 1 aromatic carbocycles. The average Bonchev–Trinajstić information content (AvgIpc) is 2.88.